The number of likely N-dealkylation sites (tertiary alicyclic amines) is 1. The molecular weight excluding hydrogens is 546 g/mol. The second kappa shape index (κ2) is 12.7. The molecule has 1 aliphatic carbocycles. The van der Waals surface area contributed by atoms with Gasteiger partial charge in [-0.05, 0) is 93.0 Å². The van der Waals surface area contributed by atoms with E-state index in [-0.39, 0.29) is 17.3 Å². The summed E-state index contributed by atoms with van der Waals surface area (Å²) >= 11 is 0. The van der Waals surface area contributed by atoms with Crippen molar-refractivity contribution >= 4 is 28.9 Å². The van der Waals surface area contributed by atoms with Crippen molar-refractivity contribution in [3.8, 4) is 0 Å². The zero-order valence-electron chi connectivity index (χ0n) is 24.8. The number of nitrogens with zero attached hydrogens (tertiary/aromatic N) is 2. The van der Waals surface area contributed by atoms with E-state index < -0.39 is 23.7 Å². The number of nitrogens with one attached hydrogen (secondary N) is 2. The molecule has 1 saturated carbocycles. The fourth-order valence-electron chi connectivity index (χ4n) is 7.06. The first-order chi connectivity index (χ1) is 20.9. The van der Waals surface area contributed by atoms with Gasteiger partial charge in [-0.2, -0.15) is 0 Å². The molecule has 2 heterocycles. The van der Waals surface area contributed by atoms with Crippen LogP contribution in [0.3, 0.4) is 0 Å². The quantitative estimate of drug-likeness (QED) is 0.302. The average molecular weight is 587 g/mol. The summed E-state index contributed by atoms with van der Waals surface area (Å²) < 4.78 is 29.7. The lowest BCUT2D eigenvalue weighted by Gasteiger charge is -2.41. The Balaban J connectivity index is 1.30. The van der Waals surface area contributed by atoms with Gasteiger partial charge in [0.2, 0.25) is 5.91 Å². The molecule has 3 fully saturated rings. The van der Waals surface area contributed by atoms with Crippen LogP contribution in [0.1, 0.15) is 78.9 Å². The number of carbonyl (C=O) groups excluding carboxylic acids is 2. The van der Waals surface area contributed by atoms with Crippen molar-refractivity contribution in [2.45, 2.75) is 70.4 Å². The fourth-order valence-corrected chi connectivity index (χ4v) is 7.06. The van der Waals surface area contributed by atoms with Crippen LogP contribution >= 0.6 is 0 Å². The Morgan fingerprint density at radius 2 is 1.51 bits per heavy atom. The second-order valence-corrected chi connectivity index (χ2v) is 12.2. The van der Waals surface area contributed by atoms with E-state index in [0.29, 0.717) is 42.4 Å². The number of benzene rings is 3. The molecule has 0 aromatic heterocycles. The highest BCUT2D eigenvalue weighted by Crippen LogP contribution is 2.39. The summed E-state index contributed by atoms with van der Waals surface area (Å²) in [7, 11) is 0. The normalized spacial score (nSPS) is 20.8. The molecule has 2 atom stereocenters. The van der Waals surface area contributed by atoms with Crippen molar-refractivity contribution in [1.29, 1.82) is 0 Å². The maximum atomic E-state index is 15.0. The molecule has 0 spiro atoms. The van der Waals surface area contributed by atoms with E-state index in [9.17, 15) is 14.0 Å². The van der Waals surface area contributed by atoms with Gasteiger partial charge in [0.05, 0.1) is 23.2 Å². The van der Waals surface area contributed by atoms with Crippen LogP contribution in [0, 0.1) is 24.5 Å². The van der Waals surface area contributed by atoms with Gasteiger partial charge in [0.15, 0.2) is 0 Å². The van der Waals surface area contributed by atoms with Crippen molar-refractivity contribution in [2.24, 2.45) is 5.92 Å². The number of aryl methyl sites for hydroxylation is 1. The number of hydrogen-bond acceptors (Lipinski definition) is 4. The number of hydrogen-bond donors (Lipinski definition) is 2. The first kappa shape index (κ1) is 29.1. The molecule has 8 heteroatoms. The molecule has 43 heavy (non-hydrogen) atoms. The molecule has 3 aromatic rings. The zero-order valence-corrected chi connectivity index (χ0v) is 24.8. The fraction of sp³-hybridized carbons (Fsp3) is 0.429. The lowest BCUT2D eigenvalue weighted by atomic mass is 9.83. The van der Waals surface area contributed by atoms with Crippen LogP contribution in [-0.4, -0.2) is 42.4 Å². The van der Waals surface area contributed by atoms with Gasteiger partial charge in [-0.15, -0.1) is 0 Å². The van der Waals surface area contributed by atoms with Crippen LogP contribution in [0.25, 0.3) is 0 Å². The predicted octanol–water partition coefficient (Wildman–Crippen LogP) is 7.46. The molecule has 3 aliphatic rings. The molecule has 0 bridgehead atoms. The number of rotatable bonds is 7. The number of anilines is 3. The summed E-state index contributed by atoms with van der Waals surface area (Å²) in [6.07, 6.45) is 7.97. The van der Waals surface area contributed by atoms with Gasteiger partial charge in [0.1, 0.15) is 11.6 Å². The first-order valence-corrected chi connectivity index (χ1v) is 15.7. The molecule has 2 saturated heterocycles. The minimum Gasteiger partial charge on any atom is -0.382 e. The van der Waals surface area contributed by atoms with Crippen molar-refractivity contribution in [3.63, 3.8) is 0 Å². The number of halogens is 2. The van der Waals surface area contributed by atoms with E-state index >= 15 is 4.39 Å². The zero-order chi connectivity index (χ0) is 29.9. The van der Waals surface area contributed by atoms with Gasteiger partial charge < -0.3 is 20.4 Å². The Morgan fingerprint density at radius 1 is 0.791 bits per heavy atom. The van der Waals surface area contributed by atoms with Gasteiger partial charge in [0.25, 0.3) is 5.91 Å². The molecule has 0 radical (unpaired) electrons. The van der Waals surface area contributed by atoms with E-state index in [2.05, 4.69) is 10.6 Å². The van der Waals surface area contributed by atoms with Gasteiger partial charge in [-0.25, -0.2) is 8.78 Å². The largest absolute Gasteiger partial charge is 0.382 e. The molecule has 2 amide bonds. The maximum Gasteiger partial charge on any atom is 0.257 e. The standard InChI is InChI=1S/C35H40F2N4O2/c1-23-8-6-12-30(37)32(23)35(43)41-21-7-11-28(33(41)24-13-15-26(16-14-24)38-25-9-2-3-10-25)34(42)39-27-17-18-29(36)31(22-27)40-19-4-5-20-40/h6,8,12-18,22,25,28,33,38H,2-5,7,9-11,19-21H2,1H3,(H,39,42). The third-order valence-corrected chi connectivity index (χ3v) is 9.30. The Labute approximate surface area is 252 Å². The first-order valence-electron chi connectivity index (χ1n) is 15.7. The third kappa shape index (κ3) is 6.24. The van der Waals surface area contributed by atoms with Crippen LogP contribution in [0.2, 0.25) is 0 Å². The molecule has 2 aliphatic heterocycles. The van der Waals surface area contributed by atoms with Crippen molar-refractivity contribution < 1.29 is 18.4 Å². The molecule has 6 nitrogen and oxygen atoms in total. The van der Waals surface area contributed by atoms with E-state index in [1.165, 1.54) is 25.0 Å². The maximum absolute atomic E-state index is 15.0. The summed E-state index contributed by atoms with van der Waals surface area (Å²) in [5, 5.41) is 6.63. The SMILES string of the molecule is Cc1cccc(F)c1C(=O)N1CCCC(C(=O)Nc2ccc(F)c(N3CCCC3)c2)C1c1ccc(NC2CCCC2)cc1. The third-order valence-electron chi connectivity index (χ3n) is 9.30. The van der Waals surface area contributed by atoms with Crippen LogP contribution in [0.15, 0.2) is 60.7 Å². The smallest absolute Gasteiger partial charge is 0.257 e. The van der Waals surface area contributed by atoms with Crippen molar-refractivity contribution in [3.05, 3.63) is 89.0 Å². The predicted molar refractivity (Wildman–Crippen MR) is 166 cm³/mol. The van der Waals surface area contributed by atoms with E-state index in [4.69, 9.17) is 0 Å². The molecule has 6 rings (SSSR count). The minimum absolute atomic E-state index is 0.0434. The molecule has 3 aromatic carbocycles. The molecule has 2 unspecified atom stereocenters. The van der Waals surface area contributed by atoms with E-state index in [0.717, 1.165) is 50.0 Å². The van der Waals surface area contributed by atoms with Gasteiger partial charge >= 0.3 is 0 Å². The van der Waals surface area contributed by atoms with E-state index in [1.54, 1.807) is 36.1 Å². The van der Waals surface area contributed by atoms with Crippen LogP contribution in [0.5, 0.6) is 0 Å². The Bertz CT molecular complexity index is 1440. The summed E-state index contributed by atoms with van der Waals surface area (Å²) in [5.41, 5.74) is 3.46. The average Bonchev–Trinajstić information content (AvgIpc) is 3.73. The summed E-state index contributed by atoms with van der Waals surface area (Å²) in [6, 6.07) is 17.2. The molecular formula is C35H40F2N4O2. The highest BCUT2D eigenvalue weighted by Gasteiger charge is 2.40. The molecule has 226 valence electrons. The number of carbonyl (C=O) groups is 2. The van der Waals surface area contributed by atoms with Crippen LogP contribution in [-0.2, 0) is 4.79 Å². The topological polar surface area (TPSA) is 64.7 Å². The highest BCUT2D eigenvalue weighted by molar-refractivity contribution is 5.98. The number of piperidine rings is 1. The van der Waals surface area contributed by atoms with Gasteiger partial charge in [-0.1, -0.05) is 37.1 Å². The lowest BCUT2D eigenvalue weighted by molar-refractivity contribution is -0.123. The van der Waals surface area contributed by atoms with Crippen molar-refractivity contribution in [2.75, 3.05) is 35.2 Å². The molecule has 2 N–H and O–H groups in total. The second-order valence-electron chi connectivity index (χ2n) is 12.2. The minimum atomic E-state index is -0.584. The van der Waals surface area contributed by atoms with Crippen LogP contribution in [0.4, 0.5) is 25.8 Å². The Hall–Kier alpha value is -3.94. The van der Waals surface area contributed by atoms with Gasteiger partial charge in [-0.3, -0.25) is 9.59 Å². The highest BCUT2D eigenvalue weighted by atomic mass is 19.1. The summed E-state index contributed by atoms with van der Waals surface area (Å²) in [6.45, 7) is 3.72. The summed E-state index contributed by atoms with van der Waals surface area (Å²) in [5.74, 6) is -2.09. The Morgan fingerprint density at radius 3 is 2.23 bits per heavy atom. The lowest BCUT2D eigenvalue weighted by Crippen LogP contribution is -2.46. The Kier molecular flexibility index (Phi) is 8.63. The number of amides is 2. The van der Waals surface area contributed by atoms with Crippen molar-refractivity contribution in [1.82, 2.24) is 4.90 Å². The van der Waals surface area contributed by atoms with Crippen LogP contribution < -0.4 is 15.5 Å². The monoisotopic (exact) mass is 586 g/mol. The van der Waals surface area contributed by atoms with E-state index in [1.807, 2.05) is 29.2 Å². The van der Waals surface area contributed by atoms with Gasteiger partial charge in [0, 0.05) is 37.1 Å². The summed E-state index contributed by atoms with van der Waals surface area (Å²) in [4.78, 5) is 31.6.